The van der Waals surface area contributed by atoms with Crippen LogP contribution in [0.25, 0.3) is 0 Å². The first kappa shape index (κ1) is 69.4. The van der Waals surface area contributed by atoms with E-state index in [9.17, 15) is 92.7 Å². The van der Waals surface area contributed by atoms with Gasteiger partial charge in [-0.1, -0.05) is 60.7 Å². The Morgan fingerprint density at radius 1 is 0.500 bits per heavy atom. The number of urea groups is 1. The molecule has 2 aromatic rings. The molecular formula is C53H71N7O22. The molecule has 0 aliphatic heterocycles. The molecule has 0 fully saturated rings. The zero-order chi connectivity index (χ0) is 61.0. The maximum absolute atomic E-state index is 14.3. The maximum atomic E-state index is 14.3. The quantitative estimate of drug-likeness (QED) is 0.0225. The number of ether oxygens (including phenoxy) is 2. The highest BCUT2D eigenvalue weighted by molar-refractivity contribution is 5.93. The summed E-state index contributed by atoms with van der Waals surface area (Å²) in [5, 5.41) is 65.7. The van der Waals surface area contributed by atoms with Gasteiger partial charge in [-0.05, 0) is 43.2 Å². The van der Waals surface area contributed by atoms with Crippen LogP contribution < -0.4 is 21.3 Å². The summed E-state index contributed by atoms with van der Waals surface area (Å²) >= 11 is 0. The Balaban J connectivity index is 2.14. The smallest absolute Gasteiger partial charge is 0.326 e. The number of benzene rings is 2. The Hall–Kier alpha value is -8.70. The highest BCUT2D eigenvalue weighted by Gasteiger charge is 2.31. The minimum atomic E-state index is -1.55. The molecule has 29 heteroatoms. The molecule has 0 bridgehead atoms. The molecule has 0 aromatic heterocycles. The van der Waals surface area contributed by atoms with E-state index >= 15 is 0 Å². The number of rotatable bonds is 47. The predicted octanol–water partition coefficient (Wildman–Crippen LogP) is -0.581. The van der Waals surface area contributed by atoms with E-state index < -0.39 is 153 Å². The van der Waals surface area contributed by atoms with Gasteiger partial charge in [0, 0.05) is 77.2 Å². The van der Waals surface area contributed by atoms with Crippen LogP contribution in [0.1, 0.15) is 75.3 Å². The van der Waals surface area contributed by atoms with Crippen LogP contribution in [0.5, 0.6) is 0 Å². The number of carboxylic acid groups (broad SMARTS) is 6. The lowest BCUT2D eigenvalue weighted by Gasteiger charge is -2.28. The van der Waals surface area contributed by atoms with E-state index in [0.717, 1.165) is 4.90 Å². The molecule has 2 rings (SSSR count). The Morgan fingerprint density at radius 3 is 1.55 bits per heavy atom. The van der Waals surface area contributed by atoms with E-state index in [0.29, 0.717) is 11.1 Å². The molecule has 0 aliphatic rings. The number of carbonyl (C=O) groups is 14. The second kappa shape index (κ2) is 38.8. The van der Waals surface area contributed by atoms with E-state index in [4.69, 9.17) is 9.84 Å². The molecule has 450 valence electrons. The van der Waals surface area contributed by atoms with Crippen LogP contribution in [0.2, 0.25) is 0 Å². The van der Waals surface area contributed by atoms with E-state index in [-0.39, 0.29) is 103 Å². The van der Waals surface area contributed by atoms with Crippen molar-refractivity contribution in [3.63, 3.8) is 0 Å². The fourth-order valence-corrected chi connectivity index (χ4v) is 8.25. The van der Waals surface area contributed by atoms with E-state index in [1.165, 1.54) is 9.80 Å². The number of nitrogens with zero attached hydrogens (tertiary/aromatic N) is 3. The number of carboxylic acids is 6. The van der Waals surface area contributed by atoms with Crippen molar-refractivity contribution < 1.29 is 107 Å². The summed E-state index contributed by atoms with van der Waals surface area (Å²) in [4.78, 5) is 175. The highest BCUT2D eigenvalue weighted by Crippen LogP contribution is 2.18. The minimum absolute atomic E-state index is 0.00484. The lowest BCUT2D eigenvalue weighted by Crippen LogP contribution is -2.49. The number of hydrogen-bond acceptors (Lipinski definition) is 19. The van der Waals surface area contributed by atoms with Crippen molar-refractivity contribution in [1.82, 2.24) is 36.0 Å². The van der Waals surface area contributed by atoms with Crippen LogP contribution in [0.3, 0.4) is 0 Å². The maximum Gasteiger partial charge on any atom is 0.326 e. The van der Waals surface area contributed by atoms with Crippen LogP contribution in [-0.4, -0.2) is 219 Å². The van der Waals surface area contributed by atoms with Crippen molar-refractivity contribution in [2.45, 2.75) is 101 Å². The van der Waals surface area contributed by atoms with Gasteiger partial charge in [-0.25, -0.2) is 9.59 Å². The SMILES string of the molecule is O=CO[C@@H](CCC(=O)NCCCC(=O)CC[C@H](NC(=O)N[C@@H](CCC(=O)O)OC=O)C(=O)O)CC(=O)C(Cc1ccccc1)NC(=O)C(CC(=O)CN(CCN(CCN(CC(=O)O)CC(=O)O)CC(=O)O)CC(=O)O)Cc1ccccc1. The van der Waals surface area contributed by atoms with Crippen molar-refractivity contribution in [2.75, 3.05) is 65.4 Å². The fraction of sp³-hybridized carbons (Fsp3) is 0.509. The highest BCUT2D eigenvalue weighted by atomic mass is 16.5. The second-order valence-electron chi connectivity index (χ2n) is 18.9. The summed E-state index contributed by atoms with van der Waals surface area (Å²) < 4.78 is 9.79. The van der Waals surface area contributed by atoms with Gasteiger partial charge in [0.15, 0.2) is 12.0 Å². The standard InChI is InChI=1S/C53H71N7O22/c61-33-81-40(14-16-44(66)54-19-7-12-38(63)13-15-41(52(78)79)56-53(80)57-45(82-34-62)17-18-46(67)68)27-43(65)42(25-36-10-5-2-6-11-36)55-51(77)37(24-35-8-3-1-4-9-35)26-39(64)28-59(30-48(71)72)22-20-58(29-47(69)70)21-23-60(31-49(73)74)32-50(75)76/h1-6,8-11,33-34,37,40-42,45H,7,12-32H2,(H,54,66)(H,55,77)(H,67,68)(H,69,70)(H,71,72)(H,73,74)(H,75,76)(H,78,79)(H2,56,57,80)/t37?,40-,41-,42?,45+/m0/s1. The summed E-state index contributed by atoms with van der Waals surface area (Å²) in [7, 11) is 0. The van der Waals surface area contributed by atoms with Crippen molar-refractivity contribution in [3.05, 3.63) is 71.8 Å². The molecule has 0 heterocycles. The monoisotopic (exact) mass is 1160 g/mol. The summed E-state index contributed by atoms with van der Waals surface area (Å²) in [5.41, 5.74) is 1.25. The molecule has 4 amide bonds. The van der Waals surface area contributed by atoms with E-state index in [2.05, 4.69) is 26.0 Å². The summed E-state index contributed by atoms with van der Waals surface area (Å²) in [6, 6.07) is 13.2. The third kappa shape index (κ3) is 31.8. The molecular weight excluding hydrogens is 1090 g/mol. The molecule has 0 radical (unpaired) electrons. The molecule has 0 aliphatic carbocycles. The zero-order valence-corrected chi connectivity index (χ0v) is 44.9. The molecule has 5 atom stereocenters. The Labute approximate surface area is 470 Å². The number of Topliss-reactive ketones (excluding diaryl/α,β-unsaturated/α-hetero) is 3. The van der Waals surface area contributed by atoms with Crippen LogP contribution >= 0.6 is 0 Å². The first-order chi connectivity index (χ1) is 39.0. The number of hydrogen-bond donors (Lipinski definition) is 10. The molecule has 82 heavy (non-hydrogen) atoms. The average molecular weight is 1160 g/mol. The third-order valence-corrected chi connectivity index (χ3v) is 12.2. The third-order valence-electron chi connectivity index (χ3n) is 12.2. The molecule has 2 aromatic carbocycles. The van der Waals surface area contributed by atoms with Crippen molar-refractivity contribution in [3.8, 4) is 0 Å². The first-order valence-electron chi connectivity index (χ1n) is 25.9. The number of nitrogens with one attached hydrogen (secondary N) is 4. The Kier molecular flexibility index (Phi) is 32.9. The molecule has 0 spiro atoms. The largest absolute Gasteiger partial charge is 0.481 e. The van der Waals surface area contributed by atoms with Crippen LogP contribution in [0.15, 0.2) is 60.7 Å². The van der Waals surface area contributed by atoms with Crippen LogP contribution in [-0.2, 0) is 84.6 Å². The van der Waals surface area contributed by atoms with Gasteiger partial charge in [-0.2, -0.15) is 0 Å². The molecule has 2 unspecified atom stereocenters. The van der Waals surface area contributed by atoms with Gasteiger partial charge < -0.3 is 61.4 Å². The van der Waals surface area contributed by atoms with Crippen LogP contribution in [0.4, 0.5) is 4.79 Å². The Morgan fingerprint density at radius 2 is 1.02 bits per heavy atom. The summed E-state index contributed by atoms with van der Waals surface area (Å²) in [6.45, 7) is -3.64. The molecule has 0 saturated heterocycles. The second-order valence-corrected chi connectivity index (χ2v) is 18.9. The molecule has 10 N–H and O–H groups in total. The predicted molar refractivity (Wildman–Crippen MR) is 282 cm³/mol. The summed E-state index contributed by atoms with van der Waals surface area (Å²) in [5.74, 6) is -12.0. The van der Waals surface area contributed by atoms with E-state index in [1.807, 2.05) is 0 Å². The van der Waals surface area contributed by atoms with Gasteiger partial charge in [-0.15, -0.1) is 0 Å². The average Bonchev–Trinajstić information content (AvgIpc) is 3.44. The van der Waals surface area contributed by atoms with Gasteiger partial charge in [0.2, 0.25) is 11.8 Å². The number of ketones is 3. The fourth-order valence-electron chi connectivity index (χ4n) is 8.25. The lowest BCUT2D eigenvalue weighted by atomic mass is 9.91. The Bertz CT molecular complexity index is 2450. The van der Waals surface area contributed by atoms with Crippen molar-refractivity contribution in [2.24, 2.45) is 5.92 Å². The van der Waals surface area contributed by atoms with Crippen LogP contribution in [0, 0.1) is 5.92 Å². The first-order valence-corrected chi connectivity index (χ1v) is 25.9. The molecule has 29 nitrogen and oxygen atoms in total. The van der Waals surface area contributed by atoms with Gasteiger partial charge in [-0.3, -0.25) is 72.2 Å². The van der Waals surface area contributed by atoms with Crippen molar-refractivity contribution >= 4 is 84.0 Å². The summed E-state index contributed by atoms with van der Waals surface area (Å²) in [6.07, 6.45) is -5.27. The van der Waals surface area contributed by atoms with Gasteiger partial charge >= 0.3 is 41.8 Å². The van der Waals surface area contributed by atoms with Gasteiger partial charge in [0.25, 0.3) is 12.9 Å². The van der Waals surface area contributed by atoms with Crippen molar-refractivity contribution in [1.29, 1.82) is 0 Å². The zero-order valence-electron chi connectivity index (χ0n) is 44.9. The molecule has 0 saturated carbocycles. The van der Waals surface area contributed by atoms with E-state index in [1.54, 1.807) is 60.7 Å². The topological polar surface area (TPSA) is 437 Å². The lowest BCUT2D eigenvalue weighted by molar-refractivity contribution is -0.143. The van der Waals surface area contributed by atoms with Gasteiger partial charge in [0.05, 0.1) is 45.2 Å². The number of carbonyl (C=O) groups excluding carboxylic acids is 8. The van der Waals surface area contributed by atoms with Gasteiger partial charge in [0.1, 0.15) is 23.7 Å². The minimum Gasteiger partial charge on any atom is -0.481 e. The normalized spacial score (nSPS) is 12.8. The number of amides is 4. The number of aliphatic carboxylic acids is 6.